The Kier molecular flexibility index (Phi) is 5.68. The molecule has 4 fully saturated rings. The number of Topliss-reactive ketones (excluding diaryl/α,β-unsaturated/α-hetero) is 1. The van der Waals surface area contributed by atoms with Gasteiger partial charge in [0.15, 0.2) is 0 Å². The summed E-state index contributed by atoms with van der Waals surface area (Å²) < 4.78 is 64.8. The van der Waals surface area contributed by atoms with Crippen molar-refractivity contribution in [2.75, 3.05) is 0 Å². The number of ether oxygens (including phenoxy) is 1. The molecule has 0 aromatic rings. The Hall–Kier alpha value is -1.13. The van der Waals surface area contributed by atoms with Gasteiger partial charge in [-0.25, -0.2) is 0 Å². The van der Waals surface area contributed by atoms with E-state index in [1.807, 2.05) is 0 Å². The van der Waals surface area contributed by atoms with Crippen LogP contribution in [0.1, 0.15) is 79.1 Å². The molecule has 3 atom stereocenters. The zero-order chi connectivity index (χ0) is 23.7. The van der Waals surface area contributed by atoms with Gasteiger partial charge in [0.1, 0.15) is 5.60 Å². The molecule has 0 radical (unpaired) electrons. The van der Waals surface area contributed by atoms with Gasteiger partial charge in [0.25, 0.3) is 0 Å². The highest BCUT2D eigenvalue weighted by Gasteiger charge is 2.61. The van der Waals surface area contributed by atoms with Crippen molar-refractivity contribution in [1.82, 2.24) is 0 Å². The largest absolute Gasteiger partial charge is 0.459 e. The third-order valence-corrected chi connectivity index (χ3v) is 8.43. The summed E-state index contributed by atoms with van der Waals surface area (Å²) in [4.78, 5) is 25.6. The van der Waals surface area contributed by atoms with Crippen LogP contribution in [-0.4, -0.2) is 46.3 Å². The summed E-state index contributed by atoms with van der Waals surface area (Å²) in [5, 5.41) is 5.89. The van der Waals surface area contributed by atoms with E-state index in [1.165, 1.54) is 6.92 Å². The van der Waals surface area contributed by atoms with Crippen LogP contribution in [-0.2, 0) is 24.4 Å². The predicted octanol–water partition coefficient (Wildman–Crippen LogP) is 3.50. The zero-order valence-electron chi connectivity index (χ0n) is 18.4. The van der Waals surface area contributed by atoms with E-state index in [4.69, 9.17) is 9.29 Å². The van der Waals surface area contributed by atoms with Crippen molar-refractivity contribution in [3.05, 3.63) is 0 Å². The molecule has 4 rings (SSSR count). The third kappa shape index (κ3) is 4.27. The van der Waals surface area contributed by atoms with Crippen molar-refractivity contribution in [3.63, 3.8) is 0 Å². The minimum absolute atomic E-state index is 0.174. The lowest BCUT2D eigenvalue weighted by Gasteiger charge is -2.59. The van der Waals surface area contributed by atoms with Gasteiger partial charge in [-0.15, -0.1) is 0 Å². The molecule has 4 aliphatic carbocycles. The molecule has 0 amide bonds. The highest BCUT2D eigenvalue weighted by atomic mass is 32.2. The van der Waals surface area contributed by atoms with Crippen molar-refractivity contribution in [2.24, 2.45) is 22.7 Å². The predicted molar refractivity (Wildman–Crippen MR) is 107 cm³/mol. The van der Waals surface area contributed by atoms with Gasteiger partial charge in [0.05, 0.1) is 11.0 Å². The number of alkyl halides is 2. The van der Waals surface area contributed by atoms with Crippen molar-refractivity contribution in [2.45, 2.75) is 95.5 Å². The molecular weight excluding hydrogens is 434 g/mol. The van der Waals surface area contributed by atoms with Crippen LogP contribution in [0.2, 0.25) is 0 Å². The van der Waals surface area contributed by atoms with E-state index < -0.39 is 49.2 Å². The van der Waals surface area contributed by atoms with Crippen LogP contribution in [0.25, 0.3) is 0 Å². The maximum Gasteiger partial charge on any atom is 0.427 e. The first kappa shape index (κ1) is 24.5. The quantitative estimate of drug-likeness (QED) is 0.415. The Bertz CT molecular complexity index is 868. The van der Waals surface area contributed by atoms with E-state index in [0.29, 0.717) is 32.1 Å². The molecule has 4 saturated carbocycles. The van der Waals surface area contributed by atoms with Gasteiger partial charge in [-0.1, -0.05) is 20.8 Å². The van der Waals surface area contributed by atoms with Gasteiger partial charge in [-0.3, -0.25) is 14.1 Å². The van der Waals surface area contributed by atoms with Crippen LogP contribution in [0.3, 0.4) is 0 Å². The fourth-order valence-electron chi connectivity index (χ4n) is 6.48. The van der Waals surface area contributed by atoms with Gasteiger partial charge in [-0.05, 0) is 63.7 Å². The Morgan fingerprint density at radius 3 is 2.03 bits per heavy atom. The topological polar surface area (TPSA) is 118 Å². The highest BCUT2D eigenvalue weighted by Crippen LogP contribution is 2.59. The first-order chi connectivity index (χ1) is 13.9. The van der Waals surface area contributed by atoms with E-state index in [0.717, 1.165) is 20.3 Å². The Morgan fingerprint density at radius 2 is 1.61 bits per heavy atom. The average molecular weight is 467 g/mol. The second-order valence-corrected chi connectivity index (χ2v) is 12.5. The van der Waals surface area contributed by atoms with Gasteiger partial charge in [0.2, 0.25) is 5.78 Å². The summed E-state index contributed by atoms with van der Waals surface area (Å²) in [5.74, 6) is -2.06. The molecule has 0 aromatic carbocycles. The molecule has 0 aromatic heterocycles. The first-order valence-electron chi connectivity index (χ1n) is 10.7. The van der Waals surface area contributed by atoms with E-state index in [9.17, 15) is 31.9 Å². The molecule has 10 heteroatoms. The van der Waals surface area contributed by atoms with Crippen molar-refractivity contribution < 1.29 is 41.2 Å². The molecule has 0 aliphatic heterocycles. The van der Waals surface area contributed by atoms with E-state index >= 15 is 0 Å². The van der Waals surface area contributed by atoms with Crippen molar-refractivity contribution in [1.29, 1.82) is 0 Å². The number of aliphatic hydroxyl groups is 1. The molecule has 7 nitrogen and oxygen atoms in total. The van der Waals surface area contributed by atoms with Crippen molar-refractivity contribution >= 4 is 21.9 Å². The SMILES string of the molecule is CCC(C)(CC(C)(C)C(=O)C(F)(F)S(=O)(=O)O)C(=O)OC12CC3CC(CC(O)(C3)C1)C2. The van der Waals surface area contributed by atoms with Crippen LogP contribution in [0.5, 0.6) is 0 Å². The summed E-state index contributed by atoms with van der Waals surface area (Å²) in [6.07, 6.45) is 3.83. The van der Waals surface area contributed by atoms with E-state index in [-0.39, 0.29) is 24.7 Å². The van der Waals surface area contributed by atoms with Gasteiger partial charge in [-0.2, -0.15) is 17.2 Å². The summed E-state index contributed by atoms with van der Waals surface area (Å²) in [5.41, 5.74) is -4.90. The van der Waals surface area contributed by atoms with Crippen LogP contribution < -0.4 is 0 Å². The number of halogens is 2. The fourth-order valence-corrected chi connectivity index (χ4v) is 6.99. The molecule has 178 valence electrons. The fraction of sp³-hybridized carbons (Fsp3) is 0.905. The highest BCUT2D eigenvalue weighted by molar-refractivity contribution is 7.87. The lowest BCUT2D eigenvalue weighted by atomic mass is 9.52. The molecule has 2 N–H and O–H groups in total. The van der Waals surface area contributed by atoms with E-state index in [2.05, 4.69) is 0 Å². The smallest absolute Gasteiger partial charge is 0.427 e. The third-order valence-electron chi connectivity index (χ3n) is 7.59. The van der Waals surface area contributed by atoms with Crippen LogP contribution in [0, 0.1) is 22.7 Å². The number of carbonyl (C=O) groups excluding carboxylic acids is 2. The minimum Gasteiger partial charge on any atom is -0.459 e. The maximum atomic E-state index is 14.0. The summed E-state index contributed by atoms with van der Waals surface area (Å²) >= 11 is 0. The molecular formula is C21H32F2O7S. The molecule has 3 unspecified atom stereocenters. The van der Waals surface area contributed by atoms with Gasteiger partial charge >= 0.3 is 21.3 Å². The maximum absolute atomic E-state index is 14.0. The molecule has 0 heterocycles. The number of esters is 1. The molecule has 0 saturated heterocycles. The minimum atomic E-state index is -5.94. The number of ketones is 1. The lowest BCUT2D eigenvalue weighted by Crippen LogP contribution is -2.61. The first-order valence-corrected chi connectivity index (χ1v) is 12.2. The van der Waals surface area contributed by atoms with E-state index in [1.54, 1.807) is 6.92 Å². The number of carbonyl (C=O) groups is 2. The molecule has 0 spiro atoms. The number of rotatable bonds is 8. The van der Waals surface area contributed by atoms with Crippen LogP contribution in [0.15, 0.2) is 0 Å². The Balaban J connectivity index is 1.80. The number of hydrogen-bond donors (Lipinski definition) is 2. The lowest BCUT2D eigenvalue weighted by molar-refractivity contribution is -0.226. The van der Waals surface area contributed by atoms with Gasteiger partial charge < -0.3 is 9.84 Å². The summed E-state index contributed by atoms with van der Waals surface area (Å²) in [6.45, 7) is 5.42. The Morgan fingerprint density at radius 1 is 1.10 bits per heavy atom. The summed E-state index contributed by atoms with van der Waals surface area (Å²) in [6, 6.07) is 0. The molecule has 31 heavy (non-hydrogen) atoms. The average Bonchev–Trinajstić information content (AvgIpc) is 2.56. The zero-order valence-corrected chi connectivity index (χ0v) is 19.2. The van der Waals surface area contributed by atoms with Crippen molar-refractivity contribution in [3.8, 4) is 0 Å². The second kappa shape index (κ2) is 7.18. The standard InChI is InChI=1S/C21H32F2O7S/c1-5-18(4,11-17(2,3)15(24)21(22,23)31(27,28)29)16(25)30-20-9-13-6-14(10-20)8-19(26,7-13)12-20/h13-14,26H,5-12H2,1-4H3,(H,27,28,29). The second-order valence-electron chi connectivity index (χ2n) is 11.1. The number of hydrogen-bond acceptors (Lipinski definition) is 6. The monoisotopic (exact) mass is 466 g/mol. The van der Waals surface area contributed by atoms with Crippen LogP contribution in [0.4, 0.5) is 8.78 Å². The molecule has 4 aliphatic rings. The Labute approximate surface area is 181 Å². The molecule has 4 bridgehead atoms. The summed E-state index contributed by atoms with van der Waals surface area (Å²) in [7, 11) is -5.94. The van der Waals surface area contributed by atoms with Crippen LogP contribution >= 0.6 is 0 Å². The van der Waals surface area contributed by atoms with Gasteiger partial charge in [0, 0.05) is 11.8 Å². The normalized spacial score (nSPS) is 35.0.